The smallest absolute Gasteiger partial charge is 0.323 e. The van der Waals surface area contributed by atoms with Gasteiger partial charge >= 0.3 is 5.16 Å². The second kappa shape index (κ2) is 8.18. The van der Waals surface area contributed by atoms with Crippen molar-refractivity contribution in [1.29, 1.82) is 0 Å². The first kappa shape index (κ1) is 18.9. The maximum absolute atomic E-state index is 5.29. The number of imidazole rings is 1. The summed E-state index contributed by atoms with van der Waals surface area (Å²) in [6, 6.07) is 16.5. The van der Waals surface area contributed by atoms with E-state index in [0.717, 1.165) is 29.5 Å². The molecule has 1 aromatic heterocycles. The summed E-state index contributed by atoms with van der Waals surface area (Å²) in [5.74, 6) is 2.91. The molecule has 0 atom stereocenters. The number of fused-ring (bicyclic) bond motifs is 1. The molecule has 0 spiro atoms. The van der Waals surface area contributed by atoms with Crippen LogP contribution in [0.1, 0.15) is 6.42 Å². The summed E-state index contributed by atoms with van der Waals surface area (Å²) in [5.41, 5.74) is 3.59. The minimum Gasteiger partial charge on any atom is -1.00 e. The Morgan fingerprint density at radius 2 is 1.54 bits per heavy atom. The molecule has 0 aliphatic carbocycles. The van der Waals surface area contributed by atoms with Gasteiger partial charge in [0.05, 0.1) is 20.8 Å². The van der Waals surface area contributed by atoms with Gasteiger partial charge < -0.3 is 26.5 Å². The second-order valence-electron chi connectivity index (χ2n) is 5.95. The van der Waals surface area contributed by atoms with Crippen molar-refractivity contribution < 1.29 is 31.0 Å². The van der Waals surface area contributed by atoms with Gasteiger partial charge in [-0.3, -0.25) is 0 Å². The Labute approximate surface area is 168 Å². The quantitative estimate of drug-likeness (QED) is 0.574. The molecule has 2 heterocycles. The predicted molar refractivity (Wildman–Crippen MR) is 99.8 cm³/mol. The number of rotatable bonds is 4. The third-order valence-corrected chi connectivity index (χ3v) is 5.64. The summed E-state index contributed by atoms with van der Waals surface area (Å²) < 4.78 is 15.3. The Hall–Kier alpha value is -1.92. The fourth-order valence-corrected chi connectivity index (χ4v) is 4.25. The van der Waals surface area contributed by atoms with E-state index in [9.17, 15) is 0 Å². The van der Waals surface area contributed by atoms with Crippen LogP contribution in [0.4, 0.5) is 0 Å². The second-order valence-corrected chi connectivity index (χ2v) is 7.01. The molecule has 0 fully saturated rings. The van der Waals surface area contributed by atoms with Gasteiger partial charge in [-0.1, -0.05) is 0 Å². The average Bonchev–Trinajstić information content (AvgIpc) is 3.08. The van der Waals surface area contributed by atoms with Crippen LogP contribution in [0.3, 0.4) is 0 Å². The summed E-state index contributed by atoms with van der Waals surface area (Å²) in [7, 11) is 3.39. The van der Waals surface area contributed by atoms with Gasteiger partial charge in [-0.15, -0.1) is 0 Å². The first-order chi connectivity index (χ1) is 12.3. The molecule has 0 bridgehead atoms. The zero-order valence-electron chi connectivity index (χ0n) is 14.8. The van der Waals surface area contributed by atoms with Crippen LogP contribution in [0.15, 0.2) is 59.9 Å². The third kappa shape index (κ3) is 3.48. The molecule has 0 unspecified atom stereocenters. The zero-order valence-corrected chi connectivity index (χ0v) is 17.2. The topological polar surface area (TPSA) is 27.3 Å². The number of benzene rings is 2. The number of ether oxygens (including phenoxy) is 2. The van der Waals surface area contributed by atoms with Crippen LogP contribution in [-0.4, -0.2) is 24.5 Å². The lowest BCUT2D eigenvalue weighted by Crippen LogP contribution is -3.00. The number of nitrogens with zero attached hydrogens (tertiary/aromatic N) is 2. The van der Waals surface area contributed by atoms with Crippen LogP contribution in [0, 0.1) is 0 Å². The number of hydrogen-bond donors (Lipinski definition) is 0. The fourth-order valence-electron chi connectivity index (χ4n) is 3.15. The van der Waals surface area contributed by atoms with Crippen molar-refractivity contribution in [3.8, 4) is 28.4 Å². The molecule has 3 aromatic rings. The van der Waals surface area contributed by atoms with Crippen LogP contribution in [0.2, 0.25) is 0 Å². The van der Waals surface area contributed by atoms with E-state index in [1.165, 1.54) is 22.8 Å². The molecule has 0 amide bonds. The molecule has 136 valence electrons. The highest BCUT2D eigenvalue weighted by atomic mass is 79.9. The largest absolute Gasteiger partial charge is 1.00 e. The zero-order chi connectivity index (χ0) is 17.2. The van der Waals surface area contributed by atoms with Gasteiger partial charge in [-0.25, -0.2) is 4.57 Å². The monoisotopic (exact) mass is 432 g/mol. The van der Waals surface area contributed by atoms with Gasteiger partial charge in [-0.2, -0.15) is 4.57 Å². The SMILES string of the molecule is COc1ccc(-c2cn(-c3ccc(OC)cc3)c3[n+]2CCCS3)cc1.[Br-]. The van der Waals surface area contributed by atoms with E-state index in [4.69, 9.17) is 9.47 Å². The Morgan fingerprint density at radius 3 is 2.15 bits per heavy atom. The standard InChI is InChI=1S/C20H21N2O2S.BrH/c1-23-17-8-4-15(5-9-17)19-14-22(20-21(19)12-3-13-25-20)16-6-10-18(24-2)11-7-16;/h4-11,14H,3,12-13H2,1-2H3;1H/q+1;/p-1. The van der Waals surface area contributed by atoms with Gasteiger partial charge in [0.2, 0.25) is 0 Å². The normalized spacial score (nSPS) is 12.8. The average molecular weight is 433 g/mol. The highest BCUT2D eigenvalue weighted by molar-refractivity contribution is 7.99. The first-order valence-corrected chi connectivity index (χ1v) is 9.35. The van der Waals surface area contributed by atoms with E-state index in [0.29, 0.717) is 0 Å². The molecule has 2 aromatic carbocycles. The lowest BCUT2D eigenvalue weighted by molar-refractivity contribution is -0.724. The number of thioether (sulfide) groups is 1. The minimum atomic E-state index is 0. The fraction of sp³-hybridized carbons (Fsp3) is 0.250. The molecule has 0 saturated heterocycles. The van der Waals surface area contributed by atoms with Crippen LogP contribution in [0.5, 0.6) is 11.5 Å². The van der Waals surface area contributed by atoms with Gasteiger partial charge in [-0.05, 0) is 66.7 Å². The number of methoxy groups -OCH3 is 2. The minimum absolute atomic E-state index is 0. The summed E-state index contributed by atoms with van der Waals surface area (Å²) in [6.07, 6.45) is 3.43. The summed E-state index contributed by atoms with van der Waals surface area (Å²) in [4.78, 5) is 0. The van der Waals surface area contributed by atoms with E-state index in [1.807, 2.05) is 36.0 Å². The lowest BCUT2D eigenvalue weighted by Gasteiger charge is -2.11. The van der Waals surface area contributed by atoms with Crippen molar-refractivity contribution in [2.24, 2.45) is 0 Å². The van der Waals surface area contributed by atoms with E-state index in [2.05, 4.69) is 39.6 Å². The number of hydrogen-bond acceptors (Lipinski definition) is 3. The van der Waals surface area contributed by atoms with Crippen molar-refractivity contribution >= 4 is 11.8 Å². The molecule has 6 heteroatoms. The van der Waals surface area contributed by atoms with Crippen LogP contribution in [0.25, 0.3) is 16.9 Å². The van der Waals surface area contributed by atoms with Crippen LogP contribution in [-0.2, 0) is 6.54 Å². The van der Waals surface area contributed by atoms with E-state index >= 15 is 0 Å². The van der Waals surface area contributed by atoms with Crippen molar-refractivity contribution in [2.75, 3.05) is 20.0 Å². The van der Waals surface area contributed by atoms with Gasteiger partial charge in [0.25, 0.3) is 0 Å². The first-order valence-electron chi connectivity index (χ1n) is 8.37. The molecule has 4 nitrogen and oxygen atoms in total. The molecular weight excluding hydrogens is 412 g/mol. The van der Waals surface area contributed by atoms with E-state index < -0.39 is 0 Å². The molecule has 1 aliphatic heterocycles. The Morgan fingerprint density at radius 1 is 0.923 bits per heavy atom. The van der Waals surface area contributed by atoms with Crippen molar-refractivity contribution in [3.63, 3.8) is 0 Å². The van der Waals surface area contributed by atoms with E-state index in [-0.39, 0.29) is 17.0 Å². The van der Waals surface area contributed by atoms with E-state index in [1.54, 1.807) is 14.2 Å². The molecule has 1 aliphatic rings. The Balaban J connectivity index is 0.00000196. The number of halogens is 1. The number of aromatic nitrogens is 2. The third-order valence-electron chi connectivity index (χ3n) is 4.47. The summed E-state index contributed by atoms with van der Waals surface area (Å²) in [6.45, 7) is 1.05. The Kier molecular flexibility index (Phi) is 5.94. The van der Waals surface area contributed by atoms with Gasteiger partial charge in [0.15, 0.2) is 5.69 Å². The predicted octanol–water partition coefficient (Wildman–Crippen LogP) is 0.949. The maximum atomic E-state index is 5.29. The summed E-state index contributed by atoms with van der Waals surface area (Å²) >= 11 is 1.91. The molecule has 26 heavy (non-hydrogen) atoms. The van der Waals surface area contributed by atoms with Crippen LogP contribution >= 0.6 is 11.8 Å². The molecule has 0 N–H and O–H groups in total. The van der Waals surface area contributed by atoms with Gasteiger partial charge in [0.1, 0.15) is 23.4 Å². The highest BCUT2D eigenvalue weighted by Crippen LogP contribution is 2.30. The van der Waals surface area contributed by atoms with Crippen molar-refractivity contribution in [2.45, 2.75) is 18.1 Å². The Bertz CT molecular complexity index is 804. The molecule has 0 saturated carbocycles. The highest BCUT2D eigenvalue weighted by Gasteiger charge is 2.28. The van der Waals surface area contributed by atoms with Crippen molar-refractivity contribution in [3.05, 3.63) is 54.7 Å². The van der Waals surface area contributed by atoms with Crippen LogP contribution < -0.4 is 31.0 Å². The molecular formula is C20H21BrN2O2S. The summed E-state index contributed by atoms with van der Waals surface area (Å²) in [5, 5.41) is 1.28. The maximum Gasteiger partial charge on any atom is 0.323 e. The van der Waals surface area contributed by atoms with Gasteiger partial charge in [0, 0.05) is 11.3 Å². The van der Waals surface area contributed by atoms with Crippen molar-refractivity contribution in [1.82, 2.24) is 4.57 Å². The molecule has 4 rings (SSSR count). The lowest BCUT2D eigenvalue weighted by atomic mass is 10.1. The molecule has 0 radical (unpaired) electrons.